The summed E-state index contributed by atoms with van der Waals surface area (Å²) < 4.78 is 0.419. The van der Waals surface area contributed by atoms with E-state index in [1.54, 1.807) is 21.1 Å². The molecule has 0 aliphatic heterocycles. The lowest BCUT2D eigenvalue weighted by Crippen LogP contribution is -2.45. The molecule has 0 aliphatic carbocycles. The van der Waals surface area contributed by atoms with Crippen molar-refractivity contribution < 1.29 is 34.2 Å². The highest BCUT2D eigenvalue weighted by atomic mass is 32.2. The lowest BCUT2D eigenvalue weighted by atomic mass is 10.5. The third kappa shape index (κ3) is 44.9. The average Bonchev–Trinajstić information content (AvgIpc) is 2.06. The Balaban J connectivity index is -0.000000262. The van der Waals surface area contributed by atoms with Crippen LogP contribution in [0.4, 0.5) is 0 Å². The summed E-state index contributed by atoms with van der Waals surface area (Å²) >= 11 is 0. The second-order valence-corrected chi connectivity index (χ2v) is 14.3. The van der Waals surface area contributed by atoms with Gasteiger partial charge >= 0.3 is 0 Å². The molecule has 0 heterocycles. The fraction of sp³-hybridized carbons (Fsp3) is 0.786. The van der Waals surface area contributed by atoms with Gasteiger partial charge < -0.3 is 34.2 Å². The van der Waals surface area contributed by atoms with E-state index in [0.29, 0.717) is 4.48 Å². The molecule has 0 aliphatic rings. The molecule has 138 valence electrons. The van der Waals surface area contributed by atoms with Crippen molar-refractivity contribution in [1.29, 1.82) is 0 Å². The Morgan fingerprint density at radius 3 is 1.26 bits per heavy atom. The molecule has 0 radical (unpaired) electrons. The first-order chi connectivity index (χ1) is 9.96. The summed E-state index contributed by atoms with van der Waals surface area (Å²) in [5.74, 6) is -2.68. The minimum Gasteiger partial charge on any atom is -0.546 e. The molecule has 9 heteroatoms. The minimum absolute atomic E-state index is 0.00772. The number of carboxylic acid groups (broad SMARTS) is 3. The van der Waals surface area contributed by atoms with E-state index in [4.69, 9.17) is 0 Å². The second-order valence-electron chi connectivity index (χ2n) is 7.14. The van der Waals surface area contributed by atoms with Crippen LogP contribution in [0.25, 0.3) is 0 Å². The van der Waals surface area contributed by atoms with Gasteiger partial charge in [-0.05, 0) is 10.9 Å². The smallest absolute Gasteiger partial charge is 0.146 e. The topological polar surface area (TPSA) is 120 Å². The molecule has 0 saturated heterocycles. The van der Waals surface area contributed by atoms with E-state index in [2.05, 4.69) is 0 Å². The summed E-state index contributed by atoms with van der Waals surface area (Å²) in [5.41, 5.74) is 0. The highest BCUT2D eigenvalue weighted by molar-refractivity contribution is 7.96. The zero-order valence-electron chi connectivity index (χ0n) is 15.4. The van der Waals surface area contributed by atoms with Gasteiger partial charge in [0.1, 0.15) is 12.3 Å². The Labute approximate surface area is 143 Å². The van der Waals surface area contributed by atoms with Crippen LogP contribution in [-0.4, -0.2) is 94.5 Å². The number of quaternary nitrogens is 1. The predicted molar refractivity (Wildman–Crippen MR) is 91.6 cm³/mol. The van der Waals surface area contributed by atoms with Crippen LogP contribution in [0.3, 0.4) is 0 Å². The Bertz CT molecular complexity index is 348. The van der Waals surface area contributed by atoms with Crippen molar-refractivity contribution in [2.75, 3.05) is 72.1 Å². The first kappa shape index (κ1) is 27.0. The van der Waals surface area contributed by atoms with Crippen LogP contribution in [0, 0.1) is 0 Å². The van der Waals surface area contributed by atoms with E-state index in [9.17, 15) is 29.7 Å². The van der Waals surface area contributed by atoms with Crippen LogP contribution in [-0.2, 0) is 25.3 Å². The van der Waals surface area contributed by atoms with Crippen LogP contribution in [0.5, 0.6) is 0 Å². The molecule has 0 aromatic rings. The van der Waals surface area contributed by atoms with E-state index in [1.165, 1.54) is 0 Å². The number of nitrogens with zero attached hydrogens (tertiary/aromatic N) is 1. The normalized spacial score (nSPS) is 10.8. The first-order valence-electron chi connectivity index (χ1n) is 6.71. The highest BCUT2D eigenvalue weighted by Gasteiger charge is 2.16. The van der Waals surface area contributed by atoms with E-state index < -0.39 is 25.2 Å². The molecule has 0 aromatic carbocycles. The van der Waals surface area contributed by atoms with Gasteiger partial charge in [-0.3, -0.25) is 0 Å². The van der Waals surface area contributed by atoms with Gasteiger partial charge in [-0.25, -0.2) is 0 Å². The maximum atomic E-state index is 9.93. The summed E-state index contributed by atoms with van der Waals surface area (Å²) in [6.07, 6.45) is 3.98. The first-order valence-corrected chi connectivity index (χ1v) is 12.2. The quantitative estimate of drug-likeness (QED) is 0.274. The average molecular weight is 371 g/mol. The van der Waals surface area contributed by atoms with Crippen molar-refractivity contribution in [3.63, 3.8) is 0 Å². The van der Waals surface area contributed by atoms with Gasteiger partial charge in [-0.1, -0.05) is 0 Å². The van der Waals surface area contributed by atoms with Crippen LogP contribution in [0.15, 0.2) is 0 Å². The molecule has 0 fully saturated rings. The zero-order chi connectivity index (χ0) is 19.4. The largest absolute Gasteiger partial charge is 0.546 e. The van der Waals surface area contributed by atoms with Gasteiger partial charge in [-0.15, -0.1) is 0 Å². The lowest BCUT2D eigenvalue weighted by Gasteiger charge is -2.23. The van der Waals surface area contributed by atoms with Gasteiger partial charge in [0.05, 0.1) is 57.7 Å². The van der Waals surface area contributed by atoms with Crippen LogP contribution in [0.1, 0.15) is 0 Å². The lowest BCUT2D eigenvalue weighted by molar-refractivity contribution is -0.864. The van der Waals surface area contributed by atoms with Crippen molar-refractivity contribution in [3.05, 3.63) is 0 Å². The van der Waals surface area contributed by atoms with Gasteiger partial charge in [0.2, 0.25) is 0 Å². The number of likely N-dealkylation sites (N-methyl/N-ethyl adjacent to an activating group) is 1. The van der Waals surface area contributed by atoms with Crippen molar-refractivity contribution >= 4 is 36.1 Å². The van der Waals surface area contributed by atoms with Gasteiger partial charge in [0, 0.05) is 27.3 Å². The van der Waals surface area contributed by atoms with Crippen molar-refractivity contribution in [2.45, 2.75) is 0 Å². The molecule has 0 amide bonds. The number of carboxylic acids is 3. The van der Waals surface area contributed by atoms with Crippen molar-refractivity contribution in [1.82, 2.24) is 0 Å². The maximum absolute atomic E-state index is 9.93. The number of aliphatic carboxylic acids is 3. The molecular formula is C14H30NO6PS. The molecule has 0 unspecified atom stereocenters. The molecule has 0 saturated carbocycles. The zero-order valence-corrected chi connectivity index (χ0v) is 17.1. The SMILES string of the molecule is C[N+](C)(C)CC(=O)[O-].C[P+](C)(C)CC(=O)[O-].C[S+](C)CC(=O)[O-]. The summed E-state index contributed by atoms with van der Waals surface area (Å²) in [6.45, 7) is 5.99. The molecule has 23 heavy (non-hydrogen) atoms. The third-order valence-corrected chi connectivity index (χ3v) is 3.63. The summed E-state index contributed by atoms with van der Waals surface area (Å²) in [5, 5.41) is 29.5. The Kier molecular flexibility index (Phi) is 14.8. The monoisotopic (exact) mass is 371 g/mol. The predicted octanol–water partition coefficient (Wildman–Crippen LogP) is -3.30. The molecule has 0 atom stereocenters. The Morgan fingerprint density at radius 2 is 1.26 bits per heavy atom. The van der Waals surface area contributed by atoms with Crippen LogP contribution < -0.4 is 15.3 Å². The number of carbonyl (C=O) groups excluding carboxylic acids is 3. The molecule has 0 rings (SSSR count). The molecule has 0 N–H and O–H groups in total. The maximum Gasteiger partial charge on any atom is 0.146 e. The van der Waals surface area contributed by atoms with Gasteiger partial charge in [0.15, 0.2) is 0 Å². The molecule has 0 bridgehead atoms. The van der Waals surface area contributed by atoms with Crippen molar-refractivity contribution in [2.24, 2.45) is 0 Å². The standard InChI is InChI=1S/C5H11NO2.C5H11O2P.C4H8O2S/c1-6(2,3)4-5(7)8;1-8(2,3)4-5(6)7;1-7(2)3-4(5)6/h2*4H2,1-3H3;3H2,1-2H3. The van der Waals surface area contributed by atoms with Crippen molar-refractivity contribution in [3.8, 4) is 0 Å². The number of hydrogen-bond donors (Lipinski definition) is 0. The fourth-order valence-electron chi connectivity index (χ4n) is 1.01. The molecule has 0 aromatic heterocycles. The van der Waals surface area contributed by atoms with E-state index in [1.807, 2.05) is 32.5 Å². The summed E-state index contributed by atoms with van der Waals surface area (Å²) in [6, 6.07) is 0. The minimum atomic E-state index is -1.13. The number of rotatable bonds is 6. The molecule has 0 spiro atoms. The molecule has 7 nitrogen and oxygen atoms in total. The summed E-state index contributed by atoms with van der Waals surface area (Å²) in [7, 11) is 4.26. The van der Waals surface area contributed by atoms with Crippen LogP contribution in [0.2, 0.25) is 0 Å². The fourth-order valence-corrected chi connectivity index (χ4v) is 2.26. The third-order valence-electron chi connectivity index (χ3n) is 1.61. The number of carbonyl (C=O) groups is 3. The van der Waals surface area contributed by atoms with Gasteiger partial charge in [-0.2, -0.15) is 0 Å². The summed E-state index contributed by atoms with van der Waals surface area (Å²) in [4.78, 5) is 29.5. The van der Waals surface area contributed by atoms with E-state index in [-0.39, 0.29) is 29.4 Å². The van der Waals surface area contributed by atoms with Crippen LogP contribution >= 0.6 is 7.26 Å². The molecular weight excluding hydrogens is 341 g/mol. The second kappa shape index (κ2) is 12.6. The van der Waals surface area contributed by atoms with Gasteiger partial charge in [0.25, 0.3) is 0 Å². The van der Waals surface area contributed by atoms with E-state index >= 15 is 0 Å². The highest BCUT2D eigenvalue weighted by Crippen LogP contribution is 2.45. The van der Waals surface area contributed by atoms with E-state index in [0.717, 1.165) is 0 Å². The Hall–Kier alpha value is -0.850. The Morgan fingerprint density at radius 1 is 0.870 bits per heavy atom. The number of hydrogen-bond acceptors (Lipinski definition) is 6.